The third-order valence-electron chi connectivity index (χ3n) is 5.17. The molecule has 3 rings (SSSR count). The summed E-state index contributed by atoms with van der Waals surface area (Å²) in [6.07, 6.45) is 3.73. The van der Waals surface area contributed by atoms with Gasteiger partial charge >= 0.3 is 0 Å². The highest BCUT2D eigenvalue weighted by Crippen LogP contribution is 2.55. The maximum Gasteiger partial charge on any atom is 0.0786 e. The second kappa shape index (κ2) is 9.22. The summed E-state index contributed by atoms with van der Waals surface area (Å²) in [4.78, 5) is 2.30. The quantitative estimate of drug-likeness (QED) is 0.347. The Balaban J connectivity index is 2.11. The van der Waals surface area contributed by atoms with Crippen LogP contribution in [0.2, 0.25) is 19.6 Å². The second-order valence-electron chi connectivity index (χ2n) is 8.73. The molecule has 2 aromatic rings. The summed E-state index contributed by atoms with van der Waals surface area (Å²) in [5, 5.41) is 6.09. The number of allylic oxidation sites excluding steroid dienone is 4. The Bertz CT molecular complexity index is 814. The third-order valence-corrected chi connectivity index (χ3v) is 11.1. The van der Waals surface area contributed by atoms with Crippen LogP contribution in [0.3, 0.4) is 0 Å². The molecule has 0 radical (unpaired) electrons. The number of hydrogen-bond donors (Lipinski definition) is 0. The molecule has 0 aromatic heterocycles. The monoisotopic (exact) mass is 471 g/mol. The van der Waals surface area contributed by atoms with Crippen molar-refractivity contribution in [1.82, 2.24) is 4.90 Å². The fourth-order valence-corrected chi connectivity index (χ4v) is 10.5. The fraction of sp³-hybridized carbons (Fsp3) is 0.333. The summed E-state index contributed by atoms with van der Waals surface area (Å²) in [6.45, 7) is 8.47. The summed E-state index contributed by atoms with van der Waals surface area (Å²) < 4.78 is 1.45. The topological polar surface area (TPSA) is 3.24 Å². The highest BCUT2D eigenvalue weighted by atomic mass is 79.9. The molecule has 0 aliphatic heterocycles. The Hall–Kier alpha value is -0.993. The van der Waals surface area contributed by atoms with Crippen LogP contribution in [0.5, 0.6) is 0 Å². The Labute approximate surface area is 181 Å². The van der Waals surface area contributed by atoms with Gasteiger partial charge in [-0.3, -0.25) is 0 Å². The highest BCUT2D eigenvalue weighted by molar-refractivity contribution is 9.11. The maximum absolute atomic E-state index is 4.07. The molecule has 0 amide bonds. The molecule has 4 heteroatoms. The standard InChI is InChI=1S/C24H31BrNPSi/c1-26(2)17-16-21-22(18-23(24(21)25)28(3,4)5)27(19-12-8-6-9-13-19)20-14-10-7-11-15-20/h6-15,18,21H,16-17H2,1-5H3. The number of halogens is 1. The Morgan fingerprint density at radius 2 is 1.39 bits per heavy atom. The predicted molar refractivity (Wildman–Crippen MR) is 133 cm³/mol. The van der Waals surface area contributed by atoms with E-state index >= 15 is 0 Å². The molecule has 1 aliphatic rings. The van der Waals surface area contributed by atoms with Gasteiger partial charge in [-0.05, 0) is 56.1 Å². The van der Waals surface area contributed by atoms with Gasteiger partial charge in [0, 0.05) is 10.4 Å². The van der Waals surface area contributed by atoms with Crippen molar-refractivity contribution in [2.45, 2.75) is 26.1 Å². The number of rotatable bonds is 7. The normalized spacial score (nSPS) is 17.6. The molecular formula is C24H31BrNPSi. The number of benzene rings is 2. The first-order valence-corrected chi connectivity index (χ1v) is 15.6. The van der Waals surface area contributed by atoms with E-state index in [0.29, 0.717) is 5.92 Å². The van der Waals surface area contributed by atoms with Gasteiger partial charge in [-0.25, -0.2) is 0 Å². The third kappa shape index (κ3) is 4.94. The molecule has 0 spiro atoms. The lowest BCUT2D eigenvalue weighted by Gasteiger charge is -2.27. The van der Waals surface area contributed by atoms with Crippen molar-refractivity contribution in [3.05, 3.63) is 81.7 Å². The summed E-state index contributed by atoms with van der Waals surface area (Å²) in [5.41, 5.74) is 0. The minimum atomic E-state index is -1.42. The molecule has 1 unspecified atom stereocenters. The van der Waals surface area contributed by atoms with E-state index in [1.165, 1.54) is 15.1 Å². The van der Waals surface area contributed by atoms with Crippen LogP contribution >= 0.6 is 23.9 Å². The molecule has 0 saturated carbocycles. The lowest BCUT2D eigenvalue weighted by atomic mass is 10.1. The van der Waals surface area contributed by atoms with Gasteiger partial charge in [-0.1, -0.05) is 102 Å². The van der Waals surface area contributed by atoms with Crippen molar-refractivity contribution < 1.29 is 0 Å². The summed E-state index contributed by atoms with van der Waals surface area (Å²) >= 11 is 4.07. The van der Waals surface area contributed by atoms with E-state index in [1.807, 2.05) is 0 Å². The van der Waals surface area contributed by atoms with E-state index in [0.717, 1.165) is 13.0 Å². The highest BCUT2D eigenvalue weighted by Gasteiger charge is 2.36. The van der Waals surface area contributed by atoms with Gasteiger partial charge < -0.3 is 4.90 Å². The molecule has 0 N–H and O–H groups in total. The molecule has 148 valence electrons. The zero-order valence-corrected chi connectivity index (χ0v) is 21.1. The van der Waals surface area contributed by atoms with E-state index in [4.69, 9.17) is 0 Å². The van der Waals surface area contributed by atoms with Gasteiger partial charge in [0.15, 0.2) is 0 Å². The average molecular weight is 472 g/mol. The van der Waals surface area contributed by atoms with Crippen LogP contribution in [0, 0.1) is 5.92 Å². The summed E-state index contributed by atoms with van der Waals surface area (Å²) in [7, 11) is 2.40. The minimum Gasteiger partial charge on any atom is -0.309 e. The van der Waals surface area contributed by atoms with Gasteiger partial charge in [0.25, 0.3) is 0 Å². The summed E-state index contributed by atoms with van der Waals surface area (Å²) in [6, 6.07) is 22.2. The van der Waals surface area contributed by atoms with Gasteiger partial charge in [0.2, 0.25) is 0 Å². The zero-order valence-electron chi connectivity index (χ0n) is 17.6. The smallest absolute Gasteiger partial charge is 0.0786 e. The van der Waals surface area contributed by atoms with Crippen molar-refractivity contribution in [2.24, 2.45) is 5.92 Å². The molecule has 1 atom stereocenters. The molecule has 0 heterocycles. The number of hydrogen-bond acceptors (Lipinski definition) is 1. The fourth-order valence-electron chi connectivity index (χ4n) is 3.69. The Morgan fingerprint density at radius 3 is 1.82 bits per heavy atom. The zero-order chi connectivity index (χ0) is 20.3. The molecule has 0 fully saturated rings. The first-order valence-electron chi connectivity index (χ1n) is 9.95. The Morgan fingerprint density at radius 1 is 0.893 bits per heavy atom. The lowest BCUT2D eigenvalue weighted by molar-refractivity contribution is 0.386. The summed E-state index contributed by atoms with van der Waals surface area (Å²) in [5.74, 6) is 0.482. The largest absolute Gasteiger partial charge is 0.309 e. The molecule has 0 bridgehead atoms. The first-order chi connectivity index (χ1) is 13.3. The second-order valence-corrected chi connectivity index (χ2v) is 16.8. The van der Waals surface area contributed by atoms with Crippen molar-refractivity contribution in [3.8, 4) is 0 Å². The van der Waals surface area contributed by atoms with Gasteiger partial charge in [0.05, 0.1) is 8.07 Å². The molecular weight excluding hydrogens is 441 g/mol. The number of nitrogens with zero attached hydrogens (tertiary/aromatic N) is 1. The van der Waals surface area contributed by atoms with Crippen LogP contribution in [-0.2, 0) is 0 Å². The molecule has 0 saturated heterocycles. The first kappa shape index (κ1) is 21.7. The van der Waals surface area contributed by atoms with E-state index in [1.54, 1.807) is 10.5 Å². The van der Waals surface area contributed by atoms with Crippen LogP contribution in [0.25, 0.3) is 0 Å². The SMILES string of the molecule is CN(C)CCC1C(P(c2ccccc2)c2ccccc2)=CC([Si](C)(C)C)=C1Br. The Kier molecular flexibility index (Phi) is 7.15. The van der Waals surface area contributed by atoms with Crippen LogP contribution < -0.4 is 10.6 Å². The predicted octanol–water partition coefficient (Wildman–Crippen LogP) is 6.11. The van der Waals surface area contributed by atoms with Crippen molar-refractivity contribution in [3.63, 3.8) is 0 Å². The lowest BCUT2D eigenvalue weighted by Crippen LogP contribution is -2.23. The van der Waals surface area contributed by atoms with Crippen molar-refractivity contribution in [2.75, 3.05) is 20.6 Å². The van der Waals surface area contributed by atoms with Gasteiger partial charge in [-0.2, -0.15) is 0 Å². The minimum absolute atomic E-state index is 0.482. The van der Waals surface area contributed by atoms with E-state index < -0.39 is 16.0 Å². The van der Waals surface area contributed by atoms with Gasteiger partial charge in [0.1, 0.15) is 0 Å². The average Bonchev–Trinajstić information content (AvgIpc) is 2.98. The van der Waals surface area contributed by atoms with Crippen LogP contribution in [0.4, 0.5) is 0 Å². The van der Waals surface area contributed by atoms with Crippen LogP contribution in [-0.4, -0.2) is 33.6 Å². The van der Waals surface area contributed by atoms with E-state index in [-0.39, 0.29) is 0 Å². The van der Waals surface area contributed by atoms with Crippen molar-refractivity contribution >= 4 is 42.5 Å². The van der Waals surface area contributed by atoms with Crippen LogP contribution in [0.15, 0.2) is 81.7 Å². The molecule has 1 aliphatic carbocycles. The van der Waals surface area contributed by atoms with E-state index in [2.05, 4.69) is 121 Å². The molecule has 1 nitrogen and oxygen atoms in total. The van der Waals surface area contributed by atoms with Crippen molar-refractivity contribution in [1.29, 1.82) is 0 Å². The molecule has 2 aromatic carbocycles. The maximum atomic E-state index is 4.07. The van der Waals surface area contributed by atoms with Gasteiger partial charge in [-0.15, -0.1) is 0 Å². The van der Waals surface area contributed by atoms with Crippen LogP contribution in [0.1, 0.15) is 6.42 Å². The molecule has 28 heavy (non-hydrogen) atoms. The van der Waals surface area contributed by atoms with E-state index in [9.17, 15) is 0 Å².